The summed E-state index contributed by atoms with van der Waals surface area (Å²) in [5.41, 5.74) is 0.854. The summed E-state index contributed by atoms with van der Waals surface area (Å²) in [4.78, 5) is 0. The number of hydrogen-bond acceptors (Lipinski definition) is 1. The molecule has 0 amide bonds. The van der Waals surface area contributed by atoms with Gasteiger partial charge in [0.05, 0.1) is 0 Å². The van der Waals surface area contributed by atoms with Crippen molar-refractivity contribution in [1.82, 2.24) is 0 Å². The van der Waals surface area contributed by atoms with Gasteiger partial charge in [-0.25, -0.2) is 0 Å². The first-order valence-corrected chi connectivity index (χ1v) is 7.10. The molecule has 0 aliphatic carbocycles. The largest absolute Gasteiger partial charge is 0.0975 e. The van der Waals surface area contributed by atoms with Crippen molar-refractivity contribution in [2.75, 3.05) is 12.8 Å². The third kappa shape index (κ3) is 1.38. The van der Waals surface area contributed by atoms with E-state index in [-0.39, 0.29) is 0 Å². The second kappa shape index (κ2) is 2.36. The van der Waals surface area contributed by atoms with E-state index in [9.17, 15) is 0 Å². The average Bonchev–Trinajstić information content (AvgIpc) is 1.97. The molecule has 2 heteroatoms. The van der Waals surface area contributed by atoms with Gasteiger partial charge < -0.3 is 0 Å². The van der Waals surface area contributed by atoms with Crippen molar-refractivity contribution in [1.29, 1.82) is 0 Å². The highest BCUT2D eigenvalue weighted by Gasteiger charge is 2.31. The number of rotatable bonds is 0. The number of hydrogen-bond donors (Lipinski definition) is 0. The Morgan fingerprint density at radius 3 is 2.11 bits per heavy atom. The van der Waals surface area contributed by atoms with Crippen molar-refractivity contribution >= 4 is 17.8 Å². The van der Waals surface area contributed by atoms with Gasteiger partial charge in [0.1, 0.15) is 0 Å². The normalized spacial score (nSPS) is 51.9. The first-order valence-electron chi connectivity index (χ1n) is 3.60. The van der Waals surface area contributed by atoms with Gasteiger partial charge in [0.2, 0.25) is 0 Å². The summed E-state index contributed by atoms with van der Waals surface area (Å²) in [5, 5.41) is 0. The van der Waals surface area contributed by atoms with Crippen LogP contribution in [0.25, 0.3) is 0 Å². The van der Waals surface area contributed by atoms with Crippen LogP contribution in [-0.2, 0) is 11.8 Å². The lowest BCUT2D eigenvalue weighted by Gasteiger charge is -2.16. The Balaban J connectivity index is 2.74. The van der Waals surface area contributed by atoms with Gasteiger partial charge >= 0.3 is 0 Å². The van der Waals surface area contributed by atoms with Crippen LogP contribution >= 0.6 is 6.04 Å². The SMILES string of the molecule is CC1CCP(C)(=S)C1C. The molecule has 0 radical (unpaired) electrons. The monoisotopic (exact) mass is 162 g/mol. The summed E-state index contributed by atoms with van der Waals surface area (Å²) >= 11 is 5.52. The quantitative estimate of drug-likeness (QED) is 0.493. The Morgan fingerprint density at radius 1 is 1.44 bits per heavy atom. The summed E-state index contributed by atoms with van der Waals surface area (Å²) in [6, 6.07) is -0.857. The molecule has 0 aromatic rings. The van der Waals surface area contributed by atoms with Gasteiger partial charge in [0, 0.05) is 0 Å². The smallest absolute Gasteiger partial charge is 0.0123 e. The van der Waals surface area contributed by atoms with E-state index in [1.54, 1.807) is 0 Å². The third-order valence-electron chi connectivity index (χ3n) is 2.71. The van der Waals surface area contributed by atoms with E-state index in [0.717, 1.165) is 11.6 Å². The van der Waals surface area contributed by atoms with Gasteiger partial charge in [-0.2, -0.15) is 0 Å². The standard InChI is InChI=1S/C7H15PS/c1-6-4-5-8(3,9)7(6)2/h6-7H,4-5H2,1-3H3. The van der Waals surface area contributed by atoms with Crippen LogP contribution < -0.4 is 0 Å². The van der Waals surface area contributed by atoms with Gasteiger partial charge in [-0.3, -0.25) is 0 Å². The van der Waals surface area contributed by atoms with Crippen LogP contribution in [0, 0.1) is 5.92 Å². The molecular formula is C7H15PS. The molecule has 9 heavy (non-hydrogen) atoms. The van der Waals surface area contributed by atoms with E-state index in [4.69, 9.17) is 11.8 Å². The first-order chi connectivity index (χ1) is 4.04. The maximum Gasteiger partial charge on any atom is -0.0123 e. The molecule has 1 saturated heterocycles. The van der Waals surface area contributed by atoms with Crippen molar-refractivity contribution in [3.8, 4) is 0 Å². The summed E-state index contributed by atoms with van der Waals surface area (Å²) < 4.78 is 0. The molecule has 0 aromatic carbocycles. The van der Waals surface area contributed by atoms with Crippen molar-refractivity contribution in [2.24, 2.45) is 5.92 Å². The predicted molar refractivity (Wildman–Crippen MR) is 48.3 cm³/mol. The Bertz CT molecular complexity index is 153. The van der Waals surface area contributed by atoms with E-state index >= 15 is 0 Å². The second-order valence-corrected chi connectivity index (χ2v) is 9.52. The first kappa shape index (κ1) is 7.75. The van der Waals surface area contributed by atoms with Crippen molar-refractivity contribution < 1.29 is 0 Å². The molecule has 0 saturated carbocycles. The summed E-state index contributed by atoms with van der Waals surface area (Å²) in [5.74, 6) is 0.904. The summed E-state index contributed by atoms with van der Waals surface area (Å²) in [6.07, 6.45) is 2.74. The van der Waals surface area contributed by atoms with Gasteiger partial charge in [0.25, 0.3) is 0 Å². The maximum absolute atomic E-state index is 5.52. The molecule has 1 aliphatic rings. The molecule has 0 bridgehead atoms. The zero-order valence-electron chi connectivity index (χ0n) is 6.42. The lowest BCUT2D eigenvalue weighted by atomic mass is 10.1. The van der Waals surface area contributed by atoms with Crippen molar-refractivity contribution in [2.45, 2.75) is 25.9 Å². The van der Waals surface area contributed by atoms with Crippen LogP contribution in [0.5, 0.6) is 0 Å². The topological polar surface area (TPSA) is 0 Å². The Hall–Kier alpha value is 0.650. The molecule has 1 fully saturated rings. The van der Waals surface area contributed by atoms with Crippen LogP contribution in [0.3, 0.4) is 0 Å². The minimum atomic E-state index is -0.857. The highest BCUT2D eigenvalue weighted by Crippen LogP contribution is 2.56. The van der Waals surface area contributed by atoms with Crippen LogP contribution in [-0.4, -0.2) is 18.5 Å². The Kier molecular flexibility index (Phi) is 2.03. The fourth-order valence-electron chi connectivity index (χ4n) is 1.44. The van der Waals surface area contributed by atoms with E-state index in [0.29, 0.717) is 0 Å². The van der Waals surface area contributed by atoms with E-state index < -0.39 is 6.04 Å². The highest BCUT2D eigenvalue weighted by molar-refractivity contribution is 8.14. The van der Waals surface area contributed by atoms with Crippen LogP contribution in [0.15, 0.2) is 0 Å². The average molecular weight is 162 g/mol. The summed E-state index contributed by atoms with van der Waals surface area (Å²) in [7, 11) is 0. The Labute approximate surface area is 63.0 Å². The molecule has 0 spiro atoms. The fraction of sp³-hybridized carbons (Fsp3) is 1.00. The lowest BCUT2D eigenvalue weighted by Crippen LogP contribution is -2.04. The summed E-state index contributed by atoms with van der Waals surface area (Å²) in [6.45, 7) is 6.98. The van der Waals surface area contributed by atoms with Crippen LogP contribution in [0.4, 0.5) is 0 Å². The van der Waals surface area contributed by atoms with E-state index in [2.05, 4.69) is 20.5 Å². The molecule has 1 aliphatic heterocycles. The molecular weight excluding hydrogens is 147 g/mol. The van der Waals surface area contributed by atoms with E-state index in [1.807, 2.05) is 0 Å². The highest BCUT2D eigenvalue weighted by atomic mass is 32.4. The second-order valence-electron chi connectivity index (χ2n) is 3.40. The molecule has 0 N–H and O–H groups in total. The molecule has 0 aromatic heterocycles. The zero-order valence-corrected chi connectivity index (χ0v) is 8.14. The molecule has 54 valence electrons. The maximum atomic E-state index is 5.52. The predicted octanol–water partition coefficient (Wildman–Crippen LogP) is 2.52. The lowest BCUT2D eigenvalue weighted by molar-refractivity contribution is 0.588. The van der Waals surface area contributed by atoms with Gasteiger partial charge in [0.15, 0.2) is 0 Å². The molecule has 0 nitrogen and oxygen atoms in total. The minimum Gasteiger partial charge on any atom is -0.0975 e. The molecule has 3 unspecified atom stereocenters. The molecule has 1 heterocycles. The van der Waals surface area contributed by atoms with Crippen LogP contribution in [0.2, 0.25) is 0 Å². The van der Waals surface area contributed by atoms with Gasteiger partial charge in [-0.1, -0.05) is 25.7 Å². The van der Waals surface area contributed by atoms with Gasteiger partial charge in [-0.15, -0.1) is 0 Å². The zero-order chi connectivity index (χ0) is 7.07. The minimum absolute atomic E-state index is 0.854. The fourth-order valence-corrected chi connectivity index (χ4v) is 4.94. The van der Waals surface area contributed by atoms with Crippen molar-refractivity contribution in [3.63, 3.8) is 0 Å². The molecule has 1 rings (SSSR count). The van der Waals surface area contributed by atoms with Crippen LogP contribution in [0.1, 0.15) is 20.3 Å². The van der Waals surface area contributed by atoms with E-state index in [1.165, 1.54) is 12.6 Å². The van der Waals surface area contributed by atoms with Crippen molar-refractivity contribution in [3.05, 3.63) is 0 Å². The van der Waals surface area contributed by atoms with Gasteiger partial charge in [-0.05, 0) is 36.9 Å². The Morgan fingerprint density at radius 2 is 2.00 bits per heavy atom. The third-order valence-corrected chi connectivity index (χ3v) is 7.64. The molecule has 3 atom stereocenters.